The van der Waals surface area contributed by atoms with Gasteiger partial charge in [0.15, 0.2) is 0 Å². The lowest BCUT2D eigenvalue weighted by Gasteiger charge is -2.29. The van der Waals surface area contributed by atoms with Crippen molar-refractivity contribution in [3.63, 3.8) is 0 Å². The second-order valence-corrected chi connectivity index (χ2v) is 15.6. The van der Waals surface area contributed by atoms with Crippen LogP contribution in [0.2, 0.25) is 0 Å². The van der Waals surface area contributed by atoms with Crippen LogP contribution in [0.1, 0.15) is 63.1 Å². The number of hydrogen-bond acceptors (Lipinski definition) is 10. The topological polar surface area (TPSA) is 167 Å². The Bertz CT molecular complexity index is 3170. The molecule has 0 bridgehead atoms. The number of nitrogens with zero attached hydrogens (tertiary/aromatic N) is 6. The van der Waals surface area contributed by atoms with Crippen LogP contribution in [0, 0.1) is 35.0 Å². The van der Waals surface area contributed by atoms with Gasteiger partial charge in [-0.05, 0) is 67.0 Å². The fraction of sp³-hybridized carbons (Fsp3) is 0.217. The third-order valence-electron chi connectivity index (χ3n) is 10.6. The number of fused-ring (bicyclic) bond motifs is 6. The molecule has 1 saturated carbocycles. The molecule has 1 atom stereocenters. The molecule has 284 valence electrons. The first-order valence-electron chi connectivity index (χ1n) is 19.1. The minimum Gasteiger partial charge on any atom is -0.367 e. The van der Waals surface area contributed by atoms with E-state index >= 15 is 0 Å². The molecule has 0 amide bonds. The van der Waals surface area contributed by atoms with Crippen LogP contribution >= 0.6 is 0 Å². The zero-order chi connectivity index (χ0) is 40.0. The molecule has 0 spiro atoms. The summed E-state index contributed by atoms with van der Waals surface area (Å²) in [6, 6.07) is 11.6. The number of rotatable bonds is 6. The maximum atomic E-state index is 13.2. The van der Waals surface area contributed by atoms with E-state index in [4.69, 9.17) is 9.97 Å². The molecular formula is C46H38N10O2. The monoisotopic (exact) mass is 762 g/mol. The largest absolute Gasteiger partial charge is 0.367 e. The average molecular weight is 763 g/mol. The summed E-state index contributed by atoms with van der Waals surface area (Å²) in [4.78, 5) is 59.6. The molecule has 1 aliphatic rings. The minimum atomic E-state index is -0.255. The van der Waals surface area contributed by atoms with E-state index in [2.05, 4.69) is 91.9 Å². The third-order valence-corrected chi connectivity index (χ3v) is 10.6. The fourth-order valence-electron chi connectivity index (χ4n) is 6.68. The SMILES string of the molecule is CC(Nc1nc2c(C#Cc3ccc(-c4ccnc(CNc5nc6c(C#CC7CC7)c[nH]c(=O)c6c6cnccc56)c4)cn3)c[nH]c(=O)c2c2cnccc12)C(C)(C)C. The number of H-pyrrole nitrogens is 2. The Morgan fingerprint density at radius 2 is 1.40 bits per heavy atom. The maximum absolute atomic E-state index is 13.2. The van der Waals surface area contributed by atoms with Crippen molar-refractivity contribution in [1.82, 2.24) is 39.9 Å². The van der Waals surface area contributed by atoms with Crippen molar-refractivity contribution in [1.29, 1.82) is 0 Å². The molecule has 8 heterocycles. The summed E-state index contributed by atoms with van der Waals surface area (Å²) in [7, 11) is 0. The van der Waals surface area contributed by atoms with Gasteiger partial charge in [-0.3, -0.25) is 24.5 Å². The highest BCUT2D eigenvalue weighted by molar-refractivity contribution is 6.11. The Morgan fingerprint density at radius 1 is 0.741 bits per heavy atom. The van der Waals surface area contributed by atoms with Gasteiger partial charge < -0.3 is 20.6 Å². The molecule has 1 unspecified atom stereocenters. The molecule has 8 aromatic heterocycles. The number of nitrogens with one attached hydrogen (secondary N) is 4. The molecule has 0 aromatic carbocycles. The van der Waals surface area contributed by atoms with Crippen LogP contribution in [-0.4, -0.2) is 45.9 Å². The van der Waals surface area contributed by atoms with E-state index in [9.17, 15) is 9.59 Å². The summed E-state index contributed by atoms with van der Waals surface area (Å²) < 4.78 is 0. The van der Waals surface area contributed by atoms with E-state index in [-0.39, 0.29) is 22.6 Å². The summed E-state index contributed by atoms with van der Waals surface area (Å²) in [5.74, 6) is 14.6. The van der Waals surface area contributed by atoms with Crippen molar-refractivity contribution in [2.24, 2.45) is 11.3 Å². The van der Waals surface area contributed by atoms with Crippen LogP contribution in [0.25, 0.3) is 54.5 Å². The van der Waals surface area contributed by atoms with Gasteiger partial charge in [-0.15, -0.1) is 0 Å². The summed E-state index contributed by atoms with van der Waals surface area (Å²) >= 11 is 0. The van der Waals surface area contributed by atoms with E-state index in [1.807, 2.05) is 36.4 Å². The van der Waals surface area contributed by atoms with Crippen LogP contribution in [0.15, 0.2) is 95.6 Å². The first-order valence-corrected chi connectivity index (χ1v) is 19.1. The van der Waals surface area contributed by atoms with Crippen molar-refractivity contribution < 1.29 is 0 Å². The molecule has 12 nitrogen and oxygen atoms in total. The zero-order valence-electron chi connectivity index (χ0n) is 32.4. The van der Waals surface area contributed by atoms with Crippen molar-refractivity contribution in [2.45, 2.75) is 53.1 Å². The van der Waals surface area contributed by atoms with Crippen LogP contribution in [-0.2, 0) is 6.54 Å². The minimum absolute atomic E-state index is 0.0267. The fourth-order valence-corrected chi connectivity index (χ4v) is 6.68. The van der Waals surface area contributed by atoms with Crippen LogP contribution in [0.4, 0.5) is 11.6 Å². The van der Waals surface area contributed by atoms with Gasteiger partial charge in [0, 0.05) is 88.6 Å². The lowest BCUT2D eigenvalue weighted by molar-refractivity contribution is 0.359. The van der Waals surface area contributed by atoms with Gasteiger partial charge in [0.05, 0.1) is 45.2 Å². The second kappa shape index (κ2) is 14.6. The Balaban J connectivity index is 0.984. The van der Waals surface area contributed by atoms with Gasteiger partial charge in [0.25, 0.3) is 11.1 Å². The first-order chi connectivity index (χ1) is 28.1. The maximum Gasteiger partial charge on any atom is 0.258 e. The van der Waals surface area contributed by atoms with Gasteiger partial charge in [-0.1, -0.05) is 44.6 Å². The molecule has 1 fully saturated rings. The molecule has 8 aromatic rings. The molecule has 0 saturated heterocycles. The number of anilines is 2. The van der Waals surface area contributed by atoms with Crippen LogP contribution in [0.5, 0.6) is 0 Å². The summed E-state index contributed by atoms with van der Waals surface area (Å²) in [6.45, 7) is 8.99. The summed E-state index contributed by atoms with van der Waals surface area (Å²) in [6.07, 6.45) is 15.8. The predicted octanol–water partition coefficient (Wildman–Crippen LogP) is 7.33. The predicted molar refractivity (Wildman–Crippen MR) is 228 cm³/mol. The average Bonchev–Trinajstić information content (AvgIpc) is 4.07. The molecule has 9 rings (SSSR count). The van der Waals surface area contributed by atoms with Gasteiger partial charge in [0.2, 0.25) is 0 Å². The molecule has 4 N–H and O–H groups in total. The Kier molecular flexibility index (Phi) is 9.10. The van der Waals surface area contributed by atoms with E-state index in [0.717, 1.165) is 40.4 Å². The van der Waals surface area contributed by atoms with E-state index < -0.39 is 0 Å². The van der Waals surface area contributed by atoms with Crippen LogP contribution in [0.3, 0.4) is 0 Å². The lowest BCUT2D eigenvalue weighted by atomic mass is 9.88. The van der Waals surface area contributed by atoms with Crippen molar-refractivity contribution >= 4 is 55.0 Å². The number of hydrogen-bond donors (Lipinski definition) is 4. The molecular weight excluding hydrogens is 725 g/mol. The number of aromatic nitrogens is 8. The standard InChI is InChI=1S/C46H38N10O2/c1-26(46(2,3)4)54-43-35-15-17-48-25-37(35)39-41(56-43)31(22-53-45(39)58)10-12-32-11-9-29(20-50-32)28-13-18-49-33(19-28)23-51-42-34-14-16-47-24-36(34)38-40(55-42)30(21-52-44(38)57)8-7-27-5-6-27/h9,11,13-22,24-27H,5-6,23H2,1-4H3,(H,51,55)(H,52,57)(H,53,58)(H,54,56). The zero-order valence-corrected chi connectivity index (χ0v) is 32.4. The van der Waals surface area contributed by atoms with E-state index in [0.29, 0.717) is 73.5 Å². The highest BCUT2D eigenvalue weighted by atomic mass is 16.1. The number of aromatic amines is 2. The molecule has 1 aliphatic carbocycles. The molecule has 12 heteroatoms. The van der Waals surface area contributed by atoms with Gasteiger partial charge in [0.1, 0.15) is 17.3 Å². The summed E-state index contributed by atoms with van der Waals surface area (Å²) in [5.41, 5.74) is 4.95. The Labute approximate surface area is 333 Å². The van der Waals surface area contributed by atoms with Crippen molar-refractivity contribution in [3.8, 4) is 34.8 Å². The smallest absolute Gasteiger partial charge is 0.258 e. The van der Waals surface area contributed by atoms with Crippen LogP contribution < -0.4 is 21.8 Å². The van der Waals surface area contributed by atoms with Crippen molar-refractivity contribution in [3.05, 3.63) is 129 Å². The van der Waals surface area contributed by atoms with E-state index in [1.165, 1.54) is 0 Å². The van der Waals surface area contributed by atoms with Gasteiger partial charge in [-0.25, -0.2) is 15.0 Å². The number of pyridine rings is 8. The molecule has 58 heavy (non-hydrogen) atoms. The van der Waals surface area contributed by atoms with Gasteiger partial charge >= 0.3 is 0 Å². The highest BCUT2D eigenvalue weighted by Crippen LogP contribution is 2.32. The van der Waals surface area contributed by atoms with E-state index in [1.54, 1.807) is 49.6 Å². The second-order valence-electron chi connectivity index (χ2n) is 15.6. The third kappa shape index (κ3) is 7.08. The molecule has 0 aliphatic heterocycles. The summed E-state index contributed by atoms with van der Waals surface area (Å²) in [5, 5.41) is 10.9. The highest BCUT2D eigenvalue weighted by Gasteiger charge is 2.23. The Hall–Kier alpha value is -7.44. The lowest BCUT2D eigenvalue weighted by Crippen LogP contribution is -2.31. The first kappa shape index (κ1) is 36.2. The quantitative estimate of drug-likeness (QED) is 0.0995. The van der Waals surface area contributed by atoms with Crippen molar-refractivity contribution in [2.75, 3.05) is 10.6 Å². The van der Waals surface area contributed by atoms with Gasteiger partial charge in [-0.2, -0.15) is 0 Å². The Morgan fingerprint density at radius 3 is 2.03 bits per heavy atom. The normalized spacial score (nSPS) is 13.2. The molecule has 0 radical (unpaired) electrons.